The zero-order valence-corrected chi connectivity index (χ0v) is 24.5. The molecule has 9 nitrogen and oxygen atoms in total. The van der Waals surface area contributed by atoms with Crippen LogP contribution in [0.5, 0.6) is 0 Å². The van der Waals surface area contributed by atoms with E-state index in [-0.39, 0.29) is 10.8 Å². The summed E-state index contributed by atoms with van der Waals surface area (Å²) in [5.74, 6) is 0. The summed E-state index contributed by atoms with van der Waals surface area (Å²) in [5, 5.41) is 0. The van der Waals surface area contributed by atoms with E-state index in [4.69, 9.17) is 38.5 Å². The van der Waals surface area contributed by atoms with E-state index in [0.717, 1.165) is 12.8 Å². The lowest BCUT2D eigenvalue weighted by atomic mass is 9.84. The van der Waals surface area contributed by atoms with E-state index >= 15 is 0 Å². The fourth-order valence-electron chi connectivity index (χ4n) is 3.94. The van der Waals surface area contributed by atoms with Crippen molar-refractivity contribution in [3.8, 4) is 0 Å². The molecule has 0 amide bonds. The van der Waals surface area contributed by atoms with Crippen LogP contribution in [0.25, 0.3) is 0 Å². The Morgan fingerprint density at radius 3 is 1.22 bits per heavy atom. The summed E-state index contributed by atoms with van der Waals surface area (Å²) in [4.78, 5) is 33.9. The first-order chi connectivity index (χ1) is 16.2. The minimum Gasteiger partial charge on any atom is -0.404 e. The molecule has 9 heteroatoms. The third kappa shape index (κ3) is 17.9. The molecule has 4 atom stereocenters. The first kappa shape index (κ1) is 34.5. The third-order valence-corrected chi connectivity index (χ3v) is 4.21. The number of rotatable bonds is 16. The molecular weight excluding hydrogens is 468 g/mol. The average Bonchev–Trinajstić information content (AvgIpc) is 2.64. The summed E-state index contributed by atoms with van der Waals surface area (Å²) in [7, 11) is 0. The molecule has 0 heterocycles. The molecule has 0 fully saturated rings. The van der Waals surface area contributed by atoms with Crippen molar-refractivity contribution in [2.24, 2.45) is 10.8 Å². The predicted molar refractivity (Wildman–Crippen MR) is 137 cm³/mol. The van der Waals surface area contributed by atoms with E-state index in [2.05, 4.69) is 54.7 Å². The summed E-state index contributed by atoms with van der Waals surface area (Å²) in [6.45, 7) is 30.6. The van der Waals surface area contributed by atoms with Gasteiger partial charge in [0.25, 0.3) is 0 Å². The maximum atomic E-state index is 12.2. The van der Waals surface area contributed by atoms with Crippen LogP contribution in [0.15, 0.2) is 25.3 Å². The molecule has 0 radical (unpaired) electrons. The molecule has 0 saturated heterocycles. The number of carbonyl (C=O) groups is 1. The SMILES string of the molecule is C=CC(OOC(C)(C)CC(C)(C)C)OC(C)OC(=O)OC(C)OC(C=C)OOC(C)(C)CC(C)(C)C. The molecule has 0 aromatic carbocycles. The normalized spacial score (nSPS) is 16.6. The average molecular weight is 519 g/mol. The molecule has 0 aromatic rings. The second kappa shape index (κ2) is 14.4. The van der Waals surface area contributed by atoms with Crippen molar-refractivity contribution in [1.82, 2.24) is 0 Å². The van der Waals surface area contributed by atoms with Gasteiger partial charge in [-0.05, 0) is 77.4 Å². The van der Waals surface area contributed by atoms with Gasteiger partial charge < -0.3 is 18.9 Å². The molecule has 0 spiro atoms. The molecular formula is C27H50O9. The molecule has 0 bridgehead atoms. The van der Waals surface area contributed by atoms with Crippen LogP contribution in [-0.2, 0) is 38.5 Å². The molecule has 0 aromatic heterocycles. The summed E-state index contributed by atoms with van der Waals surface area (Å²) in [6.07, 6.45) is -0.716. The highest BCUT2D eigenvalue weighted by molar-refractivity contribution is 5.60. The van der Waals surface area contributed by atoms with Gasteiger partial charge in [-0.1, -0.05) is 54.7 Å². The first-order valence-corrected chi connectivity index (χ1v) is 12.3. The van der Waals surface area contributed by atoms with Crippen LogP contribution in [0.2, 0.25) is 0 Å². The van der Waals surface area contributed by atoms with Gasteiger partial charge in [-0.3, -0.25) is 0 Å². The Balaban J connectivity index is 4.59. The van der Waals surface area contributed by atoms with Gasteiger partial charge in [-0.15, -0.1) is 0 Å². The van der Waals surface area contributed by atoms with E-state index < -0.39 is 42.5 Å². The zero-order valence-electron chi connectivity index (χ0n) is 24.5. The molecule has 0 aliphatic rings. The Kier molecular flexibility index (Phi) is 13.9. The third-order valence-electron chi connectivity index (χ3n) is 4.21. The molecule has 4 unspecified atom stereocenters. The van der Waals surface area contributed by atoms with E-state index in [1.807, 2.05) is 27.7 Å². The highest BCUT2D eigenvalue weighted by Gasteiger charge is 2.30. The first-order valence-electron chi connectivity index (χ1n) is 12.3. The van der Waals surface area contributed by atoms with Crippen LogP contribution in [0.4, 0.5) is 4.79 Å². The van der Waals surface area contributed by atoms with Crippen LogP contribution in [-0.4, -0.2) is 42.5 Å². The second-order valence-electron chi connectivity index (χ2n) is 12.5. The Morgan fingerprint density at radius 2 is 0.972 bits per heavy atom. The minimum atomic E-state index is -1.02. The Bertz CT molecular complexity index is 618. The smallest absolute Gasteiger partial charge is 0.404 e. The molecule has 0 N–H and O–H groups in total. The molecule has 36 heavy (non-hydrogen) atoms. The summed E-state index contributed by atoms with van der Waals surface area (Å²) < 4.78 is 21.2. The van der Waals surface area contributed by atoms with E-state index in [9.17, 15) is 4.79 Å². The van der Waals surface area contributed by atoms with Crippen molar-refractivity contribution in [2.45, 2.75) is 132 Å². The standard InChI is InChI=1S/C27H50O9/c1-15-21(33-35-26(11,12)17-24(5,6)7)29-19(3)31-23(28)32-20(4)30-22(16-2)34-36-27(13,14)18-25(8,9)10/h15-16,19-22H,1-2,17-18H2,3-14H3. The van der Waals surface area contributed by atoms with Crippen molar-refractivity contribution in [1.29, 1.82) is 0 Å². The zero-order chi connectivity index (χ0) is 28.4. The highest BCUT2D eigenvalue weighted by atomic mass is 17.2. The minimum absolute atomic E-state index is 0.0424. The van der Waals surface area contributed by atoms with Gasteiger partial charge in [-0.2, -0.15) is 9.78 Å². The van der Waals surface area contributed by atoms with Crippen molar-refractivity contribution in [3.05, 3.63) is 25.3 Å². The highest BCUT2D eigenvalue weighted by Crippen LogP contribution is 2.31. The van der Waals surface area contributed by atoms with Crippen LogP contribution in [0.3, 0.4) is 0 Å². The van der Waals surface area contributed by atoms with Crippen LogP contribution in [0.1, 0.15) is 95.9 Å². The van der Waals surface area contributed by atoms with Crippen molar-refractivity contribution in [3.63, 3.8) is 0 Å². The number of hydrogen-bond acceptors (Lipinski definition) is 9. The number of hydrogen-bond donors (Lipinski definition) is 0. The molecule has 0 aliphatic heterocycles. The molecule has 212 valence electrons. The summed E-state index contributed by atoms with van der Waals surface area (Å²) in [5.41, 5.74) is -1.04. The van der Waals surface area contributed by atoms with Crippen molar-refractivity contribution in [2.75, 3.05) is 0 Å². The maximum Gasteiger partial charge on any atom is 0.512 e. The van der Waals surface area contributed by atoms with Gasteiger partial charge in [0.05, 0.1) is 11.2 Å². The van der Waals surface area contributed by atoms with E-state index in [1.54, 1.807) is 0 Å². The lowest BCUT2D eigenvalue weighted by Gasteiger charge is -2.32. The Labute approximate surface area is 218 Å². The maximum absolute atomic E-state index is 12.2. The van der Waals surface area contributed by atoms with E-state index in [1.165, 1.54) is 26.0 Å². The van der Waals surface area contributed by atoms with E-state index in [0.29, 0.717) is 0 Å². The van der Waals surface area contributed by atoms with Gasteiger partial charge in [0.15, 0.2) is 0 Å². The summed E-state index contributed by atoms with van der Waals surface area (Å²) >= 11 is 0. The molecule has 0 rings (SSSR count). The van der Waals surface area contributed by atoms with Gasteiger partial charge in [-0.25, -0.2) is 14.6 Å². The lowest BCUT2D eigenvalue weighted by Crippen LogP contribution is -2.35. The predicted octanol–water partition coefficient (Wildman–Crippen LogP) is 7.22. The monoisotopic (exact) mass is 518 g/mol. The fraction of sp³-hybridized carbons (Fsp3) is 0.815. The van der Waals surface area contributed by atoms with Crippen LogP contribution in [0, 0.1) is 10.8 Å². The quantitative estimate of drug-likeness (QED) is 0.0690. The number of ether oxygens (including phenoxy) is 4. The van der Waals surface area contributed by atoms with Gasteiger partial charge in [0, 0.05) is 0 Å². The van der Waals surface area contributed by atoms with Crippen molar-refractivity contribution >= 4 is 6.16 Å². The van der Waals surface area contributed by atoms with Crippen LogP contribution >= 0.6 is 0 Å². The number of carbonyl (C=O) groups excluding carboxylic acids is 1. The Hall–Kier alpha value is -1.49. The Morgan fingerprint density at radius 1 is 0.667 bits per heavy atom. The fourth-order valence-corrected chi connectivity index (χ4v) is 3.94. The topological polar surface area (TPSA) is 90.9 Å². The lowest BCUT2D eigenvalue weighted by molar-refractivity contribution is -0.424. The van der Waals surface area contributed by atoms with Crippen LogP contribution < -0.4 is 0 Å². The molecule has 0 aliphatic carbocycles. The largest absolute Gasteiger partial charge is 0.512 e. The van der Waals surface area contributed by atoms with Gasteiger partial charge in [0.2, 0.25) is 25.2 Å². The van der Waals surface area contributed by atoms with Gasteiger partial charge >= 0.3 is 6.16 Å². The van der Waals surface area contributed by atoms with Gasteiger partial charge in [0.1, 0.15) is 0 Å². The van der Waals surface area contributed by atoms with Crippen molar-refractivity contribution < 1.29 is 43.3 Å². The molecule has 0 saturated carbocycles. The second-order valence-corrected chi connectivity index (χ2v) is 12.5. The summed E-state index contributed by atoms with van der Waals surface area (Å²) in [6, 6.07) is 0.